The number of hydrogen-bond acceptors (Lipinski definition) is 1. The van der Waals surface area contributed by atoms with Crippen LogP contribution in [0.5, 0.6) is 0 Å². The van der Waals surface area contributed by atoms with Gasteiger partial charge in [0, 0.05) is 11.9 Å². The lowest BCUT2D eigenvalue weighted by Gasteiger charge is -2.48. The first kappa shape index (κ1) is 16.7. The first-order valence-electron chi connectivity index (χ1n) is 7.06. The second-order valence-electron chi connectivity index (χ2n) is 6.47. The molecule has 21 heavy (non-hydrogen) atoms. The second kappa shape index (κ2) is 5.88. The highest BCUT2D eigenvalue weighted by Gasteiger charge is 2.59. The smallest absolute Gasteiger partial charge is 0.261 e. The van der Waals surface area contributed by atoms with Crippen molar-refractivity contribution in [1.29, 1.82) is 0 Å². The van der Waals surface area contributed by atoms with Gasteiger partial charge in [0.1, 0.15) is 0 Å². The summed E-state index contributed by atoms with van der Waals surface area (Å²) in [6.45, 7) is 6.39. The third kappa shape index (κ3) is 2.84. The van der Waals surface area contributed by atoms with Crippen LogP contribution in [-0.2, 0) is 4.66 Å². The minimum absolute atomic E-state index is 0.342. The largest absolute Gasteiger partial charge is 0.261 e. The van der Waals surface area contributed by atoms with Crippen molar-refractivity contribution in [3.63, 3.8) is 0 Å². The summed E-state index contributed by atoms with van der Waals surface area (Å²) in [5.41, 5.74) is 2.21. The summed E-state index contributed by atoms with van der Waals surface area (Å²) in [6, 6.07) is 16.5. The lowest BCUT2D eigenvalue weighted by Crippen LogP contribution is -2.62. The van der Waals surface area contributed by atoms with E-state index in [1.165, 1.54) is 5.56 Å². The lowest BCUT2D eigenvalue weighted by molar-refractivity contribution is 0.890. The van der Waals surface area contributed by atoms with E-state index in [0.717, 1.165) is 5.69 Å². The molecule has 112 valence electrons. The molecule has 0 aliphatic rings. The van der Waals surface area contributed by atoms with E-state index < -0.39 is 14.8 Å². The number of nitrogens with zero attached hydrogens (tertiary/aromatic N) is 1. The fourth-order valence-electron chi connectivity index (χ4n) is 3.37. The van der Waals surface area contributed by atoms with Gasteiger partial charge in [-0.3, -0.25) is 4.98 Å². The normalized spacial score (nSPS) is 15.5. The SMILES string of the molecule is C[Si](C)(C)[C@](c1ccccc1)(c1ccccn1)[Si](C)(Cl)Cl. The maximum atomic E-state index is 6.91. The molecule has 2 aromatic rings. The van der Waals surface area contributed by atoms with Crippen LogP contribution in [-0.4, -0.2) is 19.8 Å². The Labute approximate surface area is 138 Å². The van der Waals surface area contributed by atoms with E-state index in [4.69, 9.17) is 22.2 Å². The number of rotatable bonds is 4. The molecule has 0 aliphatic heterocycles. The third-order valence-corrected chi connectivity index (χ3v) is 15.1. The Morgan fingerprint density at radius 1 is 0.857 bits per heavy atom. The van der Waals surface area contributed by atoms with Gasteiger partial charge in [0.2, 0.25) is 0 Å². The summed E-state index contributed by atoms with van der Waals surface area (Å²) in [5.74, 6) is 0. The molecule has 1 heterocycles. The van der Waals surface area contributed by atoms with Crippen molar-refractivity contribution >= 4 is 36.9 Å². The molecule has 0 aliphatic carbocycles. The van der Waals surface area contributed by atoms with Crippen molar-refractivity contribution in [2.45, 2.75) is 30.8 Å². The van der Waals surface area contributed by atoms with Crippen LogP contribution < -0.4 is 0 Å². The summed E-state index contributed by atoms with van der Waals surface area (Å²) >= 11 is 13.8. The minimum Gasteiger partial charge on any atom is -0.261 e. The van der Waals surface area contributed by atoms with Gasteiger partial charge >= 0.3 is 0 Å². The van der Waals surface area contributed by atoms with Gasteiger partial charge < -0.3 is 0 Å². The molecule has 0 saturated heterocycles. The summed E-state index contributed by atoms with van der Waals surface area (Å²) in [4.78, 5) is 4.66. The molecule has 1 aromatic heterocycles. The Morgan fingerprint density at radius 2 is 1.43 bits per heavy atom. The average molecular weight is 354 g/mol. The Hall–Kier alpha value is -0.616. The highest BCUT2D eigenvalue weighted by Crippen LogP contribution is 2.50. The van der Waals surface area contributed by atoms with Gasteiger partial charge in [0.25, 0.3) is 6.69 Å². The molecule has 1 atom stereocenters. The molecule has 0 unspecified atom stereocenters. The highest BCUT2D eigenvalue weighted by atomic mass is 35.7. The van der Waals surface area contributed by atoms with Gasteiger partial charge in [-0.05, 0) is 24.2 Å². The maximum absolute atomic E-state index is 6.91. The van der Waals surface area contributed by atoms with Gasteiger partial charge in [0.15, 0.2) is 0 Å². The molecular weight excluding hydrogens is 333 g/mol. The molecule has 0 N–H and O–H groups in total. The Bertz CT molecular complexity index is 534. The van der Waals surface area contributed by atoms with Crippen LogP contribution in [0.4, 0.5) is 0 Å². The predicted octanol–water partition coefficient (Wildman–Crippen LogP) is 5.33. The van der Waals surface area contributed by atoms with Crippen LogP contribution >= 0.6 is 22.2 Å². The van der Waals surface area contributed by atoms with Gasteiger partial charge in [-0.2, -0.15) is 0 Å². The zero-order valence-corrected chi connectivity index (χ0v) is 16.4. The van der Waals surface area contributed by atoms with Crippen molar-refractivity contribution < 1.29 is 0 Å². The zero-order chi connectivity index (χ0) is 15.7. The van der Waals surface area contributed by atoms with Crippen LogP contribution in [0.25, 0.3) is 0 Å². The van der Waals surface area contributed by atoms with Gasteiger partial charge in [0.05, 0.1) is 12.7 Å². The first-order valence-corrected chi connectivity index (χ1v) is 15.1. The van der Waals surface area contributed by atoms with Crippen molar-refractivity contribution in [3.05, 3.63) is 66.0 Å². The van der Waals surface area contributed by atoms with E-state index in [9.17, 15) is 0 Å². The fraction of sp³-hybridized carbons (Fsp3) is 0.312. The molecule has 0 saturated carbocycles. The van der Waals surface area contributed by atoms with E-state index >= 15 is 0 Å². The maximum Gasteiger partial charge on any atom is 0.261 e. The molecule has 0 radical (unpaired) electrons. The topological polar surface area (TPSA) is 12.9 Å². The van der Waals surface area contributed by atoms with Crippen molar-refractivity contribution in [2.75, 3.05) is 0 Å². The summed E-state index contributed by atoms with van der Waals surface area (Å²) in [7, 11) is -1.82. The number of halogens is 2. The van der Waals surface area contributed by atoms with Gasteiger partial charge in [-0.15, -0.1) is 22.2 Å². The summed E-state index contributed by atoms with van der Waals surface area (Å²) in [5, 5.41) is 0. The van der Waals surface area contributed by atoms with Crippen LogP contribution in [0.15, 0.2) is 54.7 Å². The third-order valence-electron chi connectivity index (χ3n) is 4.04. The van der Waals surface area contributed by atoms with E-state index in [0.29, 0.717) is 0 Å². The van der Waals surface area contributed by atoms with Crippen LogP contribution in [0.3, 0.4) is 0 Å². The lowest BCUT2D eigenvalue weighted by atomic mass is 10.1. The molecule has 0 bridgehead atoms. The van der Waals surface area contributed by atoms with Gasteiger partial charge in [-0.1, -0.05) is 56.0 Å². The van der Waals surface area contributed by atoms with Crippen LogP contribution in [0.2, 0.25) is 26.2 Å². The number of hydrogen-bond donors (Lipinski definition) is 0. The number of pyridine rings is 1. The molecule has 2 rings (SSSR count). The molecule has 0 amide bonds. The zero-order valence-electron chi connectivity index (χ0n) is 12.9. The van der Waals surface area contributed by atoms with Crippen LogP contribution in [0, 0.1) is 0 Å². The molecular formula is C16H21Cl2NSi2. The fourth-order valence-corrected chi connectivity index (χ4v) is 18.2. The van der Waals surface area contributed by atoms with Crippen molar-refractivity contribution in [2.24, 2.45) is 0 Å². The number of aromatic nitrogens is 1. The van der Waals surface area contributed by atoms with E-state index in [2.05, 4.69) is 55.0 Å². The molecule has 5 heteroatoms. The Balaban J connectivity index is 2.87. The van der Waals surface area contributed by atoms with E-state index in [-0.39, 0.29) is 4.66 Å². The molecule has 0 fully saturated rings. The van der Waals surface area contributed by atoms with E-state index in [1.54, 1.807) is 0 Å². The van der Waals surface area contributed by atoms with Crippen LogP contribution in [0.1, 0.15) is 11.3 Å². The number of benzene rings is 1. The molecule has 0 spiro atoms. The average Bonchev–Trinajstić information content (AvgIpc) is 2.38. The molecule has 1 nitrogen and oxygen atoms in total. The quantitative estimate of drug-likeness (QED) is 0.534. The van der Waals surface area contributed by atoms with Crippen molar-refractivity contribution in [3.8, 4) is 0 Å². The monoisotopic (exact) mass is 353 g/mol. The Morgan fingerprint density at radius 3 is 1.86 bits per heavy atom. The summed E-state index contributed by atoms with van der Waals surface area (Å²) in [6.07, 6.45) is 1.83. The van der Waals surface area contributed by atoms with E-state index in [1.807, 2.05) is 30.9 Å². The highest BCUT2D eigenvalue weighted by molar-refractivity contribution is 7.48. The standard InChI is InChI=1S/C16H21Cl2NSi2/c1-20(2,3)16(21(4,17)18,14-10-6-5-7-11-14)15-12-8-9-13-19-15/h5-13H,1-4H3/t16-/m0/s1. The second-order valence-corrected chi connectivity index (χ2v) is 19.9. The molecule has 1 aromatic carbocycles. The van der Waals surface area contributed by atoms with Crippen molar-refractivity contribution in [1.82, 2.24) is 4.98 Å². The van der Waals surface area contributed by atoms with Gasteiger partial charge in [-0.25, -0.2) is 0 Å². The predicted molar refractivity (Wildman–Crippen MR) is 98.1 cm³/mol. The summed E-state index contributed by atoms with van der Waals surface area (Å²) < 4.78 is -0.342. The Kier molecular flexibility index (Phi) is 4.69. The minimum atomic E-state index is -2.61. The first-order chi connectivity index (χ1) is 9.71.